The van der Waals surface area contributed by atoms with Gasteiger partial charge in [-0.3, -0.25) is 9.59 Å². The number of nitrogens with one attached hydrogen (secondary N) is 1. The number of aromatic nitrogens is 1. The van der Waals surface area contributed by atoms with Crippen LogP contribution in [0.2, 0.25) is 0 Å². The summed E-state index contributed by atoms with van der Waals surface area (Å²) in [6, 6.07) is 1.74. The van der Waals surface area contributed by atoms with Crippen LogP contribution in [0.1, 0.15) is 41.9 Å². The first-order valence-corrected chi connectivity index (χ1v) is 5.22. The molecule has 0 fully saturated rings. The van der Waals surface area contributed by atoms with E-state index in [1.54, 1.807) is 6.07 Å². The van der Waals surface area contributed by atoms with Gasteiger partial charge in [0.2, 0.25) is 0 Å². The fraction of sp³-hybridized carbons (Fsp3) is 0.500. The van der Waals surface area contributed by atoms with E-state index in [0.29, 0.717) is 6.29 Å². The summed E-state index contributed by atoms with van der Waals surface area (Å²) < 4.78 is 0. The Hall–Kier alpha value is -1.38. The number of carbonyl (C=O) groups is 1. The third kappa shape index (κ3) is 1.87. The van der Waals surface area contributed by atoms with Gasteiger partial charge in [-0.2, -0.15) is 0 Å². The van der Waals surface area contributed by atoms with Gasteiger partial charge < -0.3 is 4.98 Å². The normalized spacial score (nSPS) is 18.3. The van der Waals surface area contributed by atoms with E-state index in [2.05, 4.69) is 18.8 Å². The molecule has 0 bridgehead atoms. The Morgan fingerprint density at radius 2 is 2.20 bits per heavy atom. The third-order valence-corrected chi connectivity index (χ3v) is 3.09. The standard InChI is InChI=1S/C12H15NO2/c1-12(2)4-3-10-8(6-12)5-9(7-14)11(15)13-10/h5,7H,3-4,6H2,1-2H3,(H,13,15). The highest BCUT2D eigenvalue weighted by atomic mass is 16.1. The fourth-order valence-electron chi connectivity index (χ4n) is 2.17. The Bertz CT molecular complexity index is 457. The molecular weight excluding hydrogens is 190 g/mol. The molecular formula is C12H15NO2. The van der Waals surface area contributed by atoms with Crippen molar-refractivity contribution in [2.75, 3.05) is 0 Å². The molecule has 0 saturated heterocycles. The van der Waals surface area contributed by atoms with Crippen LogP contribution < -0.4 is 5.56 Å². The van der Waals surface area contributed by atoms with E-state index < -0.39 is 0 Å². The molecule has 1 aromatic heterocycles. The van der Waals surface area contributed by atoms with Crippen molar-refractivity contribution in [3.8, 4) is 0 Å². The summed E-state index contributed by atoms with van der Waals surface area (Å²) in [6.07, 6.45) is 3.54. The first-order chi connectivity index (χ1) is 7.02. The molecule has 1 N–H and O–H groups in total. The minimum Gasteiger partial charge on any atom is -0.325 e. The van der Waals surface area contributed by atoms with E-state index in [1.807, 2.05) is 0 Å². The van der Waals surface area contributed by atoms with Gasteiger partial charge in [0.25, 0.3) is 5.56 Å². The van der Waals surface area contributed by atoms with Crippen molar-refractivity contribution in [2.24, 2.45) is 5.41 Å². The summed E-state index contributed by atoms with van der Waals surface area (Å²) in [7, 11) is 0. The second kappa shape index (κ2) is 3.33. The van der Waals surface area contributed by atoms with Crippen molar-refractivity contribution >= 4 is 6.29 Å². The van der Waals surface area contributed by atoms with Gasteiger partial charge in [0.1, 0.15) is 0 Å². The van der Waals surface area contributed by atoms with Gasteiger partial charge in [-0.15, -0.1) is 0 Å². The average molecular weight is 205 g/mol. The Labute approximate surface area is 88.5 Å². The zero-order valence-electron chi connectivity index (χ0n) is 9.09. The van der Waals surface area contributed by atoms with Gasteiger partial charge in [-0.25, -0.2) is 0 Å². The quantitative estimate of drug-likeness (QED) is 0.709. The molecule has 1 heterocycles. The van der Waals surface area contributed by atoms with Crippen LogP contribution in [0.3, 0.4) is 0 Å². The van der Waals surface area contributed by atoms with Crippen LogP contribution in [0.15, 0.2) is 10.9 Å². The van der Waals surface area contributed by atoms with Crippen LogP contribution in [0.25, 0.3) is 0 Å². The number of aryl methyl sites for hydroxylation is 1. The smallest absolute Gasteiger partial charge is 0.258 e. The summed E-state index contributed by atoms with van der Waals surface area (Å²) in [5.41, 5.74) is 2.37. The van der Waals surface area contributed by atoms with E-state index in [-0.39, 0.29) is 16.5 Å². The average Bonchev–Trinajstić information content (AvgIpc) is 2.17. The maximum absolute atomic E-state index is 11.4. The van der Waals surface area contributed by atoms with Gasteiger partial charge in [0.15, 0.2) is 6.29 Å². The van der Waals surface area contributed by atoms with Crippen LogP contribution in [0.5, 0.6) is 0 Å². The van der Waals surface area contributed by atoms with Crippen LogP contribution in [-0.4, -0.2) is 11.3 Å². The van der Waals surface area contributed by atoms with Gasteiger partial charge in [0, 0.05) is 5.69 Å². The summed E-state index contributed by atoms with van der Waals surface area (Å²) in [6.45, 7) is 4.42. The first kappa shape index (κ1) is 10.1. The predicted octanol–water partition coefficient (Wildman–Crippen LogP) is 1.70. The topological polar surface area (TPSA) is 49.9 Å². The fourth-order valence-corrected chi connectivity index (χ4v) is 2.17. The highest BCUT2D eigenvalue weighted by Gasteiger charge is 2.26. The molecule has 80 valence electrons. The largest absolute Gasteiger partial charge is 0.325 e. The van der Waals surface area contributed by atoms with Crippen molar-refractivity contribution in [2.45, 2.75) is 33.1 Å². The summed E-state index contributed by atoms with van der Waals surface area (Å²) in [5, 5.41) is 0. The molecule has 0 spiro atoms. The van der Waals surface area contributed by atoms with E-state index in [4.69, 9.17) is 0 Å². The number of fused-ring (bicyclic) bond motifs is 1. The maximum atomic E-state index is 11.4. The summed E-state index contributed by atoms with van der Waals surface area (Å²) in [5.74, 6) is 0. The van der Waals surface area contributed by atoms with Crippen molar-refractivity contribution in [1.29, 1.82) is 0 Å². The lowest BCUT2D eigenvalue weighted by Crippen LogP contribution is -2.26. The molecule has 3 nitrogen and oxygen atoms in total. The third-order valence-electron chi connectivity index (χ3n) is 3.09. The molecule has 1 aromatic rings. The number of rotatable bonds is 1. The van der Waals surface area contributed by atoms with Crippen LogP contribution in [0.4, 0.5) is 0 Å². The number of carbonyl (C=O) groups excluding carboxylic acids is 1. The lowest BCUT2D eigenvalue weighted by Gasteiger charge is -2.30. The molecule has 0 amide bonds. The van der Waals surface area contributed by atoms with Gasteiger partial charge in [-0.05, 0) is 36.3 Å². The first-order valence-electron chi connectivity index (χ1n) is 5.22. The van der Waals surface area contributed by atoms with Gasteiger partial charge >= 0.3 is 0 Å². The Kier molecular flexibility index (Phi) is 2.25. The SMILES string of the molecule is CC1(C)CCc2[nH]c(=O)c(C=O)cc2C1. The molecule has 0 unspecified atom stereocenters. The molecule has 15 heavy (non-hydrogen) atoms. The second-order valence-corrected chi connectivity index (χ2v) is 5.02. The van der Waals surface area contributed by atoms with E-state index in [1.165, 1.54) is 0 Å². The zero-order valence-corrected chi connectivity index (χ0v) is 9.09. The van der Waals surface area contributed by atoms with Crippen molar-refractivity contribution in [3.63, 3.8) is 0 Å². The van der Waals surface area contributed by atoms with Crippen molar-refractivity contribution in [3.05, 3.63) is 33.2 Å². The minimum absolute atomic E-state index is 0.242. The lowest BCUT2D eigenvalue weighted by atomic mass is 9.76. The molecule has 1 aliphatic carbocycles. The minimum atomic E-state index is -0.261. The number of H-pyrrole nitrogens is 1. The lowest BCUT2D eigenvalue weighted by molar-refractivity contribution is 0.112. The van der Waals surface area contributed by atoms with Crippen LogP contribution >= 0.6 is 0 Å². The van der Waals surface area contributed by atoms with Crippen molar-refractivity contribution in [1.82, 2.24) is 4.98 Å². The van der Waals surface area contributed by atoms with Crippen LogP contribution in [0, 0.1) is 5.41 Å². The Morgan fingerprint density at radius 1 is 1.47 bits per heavy atom. The van der Waals surface area contributed by atoms with Gasteiger partial charge in [-0.1, -0.05) is 13.8 Å². The van der Waals surface area contributed by atoms with Gasteiger partial charge in [0.05, 0.1) is 5.56 Å². The number of hydrogen-bond donors (Lipinski definition) is 1. The molecule has 0 aliphatic heterocycles. The molecule has 2 rings (SSSR count). The highest BCUT2D eigenvalue weighted by molar-refractivity contribution is 5.74. The Morgan fingerprint density at radius 3 is 2.87 bits per heavy atom. The molecule has 0 aromatic carbocycles. The summed E-state index contributed by atoms with van der Waals surface area (Å²) >= 11 is 0. The molecule has 3 heteroatoms. The highest BCUT2D eigenvalue weighted by Crippen LogP contribution is 2.33. The van der Waals surface area contributed by atoms with E-state index in [0.717, 1.165) is 30.5 Å². The van der Waals surface area contributed by atoms with E-state index in [9.17, 15) is 9.59 Å². The monoisotopic (exact) mass is 205 g/mol. The number of pyridine rings is 1. The number of aromatic amines is 1. The second-order valence-electron chi connectivity index (χ2n) is 5.02. The molecule has 1 aliphatic rings. The maximum Gasteiger partial charge on any atom is 0.258 e. The van der Waals surface area contributed by atoms with Crippen LogP contribution in [-0.2, 0) is 12.8 Å². The Balaban J connectivity index is 2.51. The molecule has 0 atom stereocenters. The summed E-state index contributed by atoms with van der Waals surface area (Å²) in [4.78, 5) is 24.8. The predicted molar refractivity (Wildman–Crippen MR) is 58.3 cm³/mol. The van der Waals surface area contributed by atoms with Crippen molar-refractivity contribution < 1.29 is 4.79 Å². The van der Waals surface area contributed by atoms with E-state index >= 15 is 0 Å². The molecule has 0 radical (unpaired) electrons. The molecule has 0 saturated carbocycles. The zero-order chi connectivity index (χ0) is 11.1. The number of aldehydes is 1. The number of hydrogen-bond acceptors (Lipinski definition) is 2.